The van der Waals surface area contributed by atoms with Gasteiger partial charge in [0, 0.05) is 0 Å². The lowest BCUT2D eigenvalue weighted by Gasteiger charge is -2.15. The SMILES string of the molecule is C=C(C)C1=CCOC1CC/C(=C/c1ccc(CO)o1)CC. The standard InChI is InChI=1S/C18H24O3/c1-4-14(11-15-6-7-16(12-19)21-15)5-8-18-17(13(2)3)9-10-20-18/h6-7,9,11,18-19H,2,4-5,8,10,12H2,1,3H3/b14-11+. The van der Waals surface area contributed by atoms with E-state index in [2.05, 4.69) is 25.7 Å². The Labute approximate surface area is 126 Å². The number of allylic oxidation sites excluding steroid dienone is 1. The first-order chi connectivity index (χ1) is 10.1. The number of hydrogen-bond donors (Lipinski definition) is 1. The lowest BCUT2D eigenvalue weighted by Crippen LogP contribution is -2.11. The van der Waals surface area contributed by atoms with Gasteiger partial charge in [0.25, 0.3) is 0 Å². The summed E-state index contributed by atoms with van der Waals surface area (Å²) >= 11 is 0. The molecule has 0 aromatic carbocycles. The van der Waals surface area contributed by atoms with Gasteiger partial charge >= 0.3 is 0 Å². The van der Waals surface area contributed by atoms with Crippen molar-refractivity contribution in [2.75, 3.05) is 6.61 Å². The van der Waals surface area contributed by atoms with E-state index < -0.39 is 0 Å². The highest BCUT2D eigenvalue weighted by Gasteiger charge is 2.20. The van der Waals surface area contributed by atoms with Gasteiger partial charge in [0.2, 0.25) is 0 Å². The van der Waals surface area contributed by atoms with E-state index in [-0.39, 0.29) is 12.7 Å². The van der Waals surface area contributed by atoms with E-state index in [0.29, 0.717) is 12.4 Å². The molecule has 1 aromatic heterocycles. The first kappa shape index (κ1) is 15.8. The molecule has 2 heterocycles. The molecule has 3 nitrogen and oxygen atoms in total. The van der Waals surface area contributed by atoms with E-state index in [1.807, 2.05) is 13.0 Å². The summed E-state index contributed by atoms with van der Waals surface area (Å²) in [6.45, 7) is 8.82. The molecular formula is C18H24O3. The Morgan fingerprint density at radius 1 is 1.48 bits per heavy atom. The molecular weight excluding hydrogens is 264 g/mol. The Morgan fingerprint density at radius 2 is 2.29 bits per heavy atom. The van der Waals surface area contributed by atoms with Gasteiger partial charge in [-0.15, -0.1) is 0 Å². The fourth-order valence-corrected chi connectivity index (χ4v) is 2.59. The molecule has 1 atom stereocenters. The van der Waals surface area contributed by atoms with Crippen molar-refractivity contribution in [3.8, 4) is 0 Å². The van der Waals surface area contributed by atoms with Gasteiger partial charge in [-0.25, -0.2) is 0 Å². The minimum atomic E-state index is -0.0576. The molecule has 0 saturated carbocycles. The maximum absolute atomic E-state index is 9.02. The lowest BCUT2D eigenvalue weighted by atomic mass is 9.97. The molecule has 0 radical (unpaired) electrons. The number of ether oxygens (including phenoxy) is 1. The highest BCUT2D eigenvalue weighted by Crippen LogP contribution is 2.27. The number of aliphatic hydroxyl groups is 1. The van der Waals surface area contributed by atoms with Crippen LogP contribution in [0.15, 0.2) is 45.9 Å². The molecule has 0 spiro atoms. The molecule has 0 fully saturated rings. The second-order valence-corrected chi connectivity index (χ2v) is 5.42. The molecule has 3 heteroatoms. The molecule has 1 aromatic rings. The van der Waals surface area contributed by atoms with Crippen molar-refractivity contribution < 1.29 is 14.3 Å². The molecule has 21 heavy (non-hydrogen) atoms. The van der Waals surface area contributed by atoms with Gasteiger partial charge in [-0.3, -0.25) is 0 Å². The molecule has 1 N–H and O–H groups in total. The zero-order valence-electron chi connectivity index (χ0n) is 12.9. The summed E-state index contributed by atoms with van der Waals surface area (Å²) in [5, 5.41) is 9.02. The molecule has 0 aliphatic carbocycles. The first-order valence-corrected chi connectivity index (χ1v) is 7.50. The Balaban J connectivity index is 1.96. The van der Waals surface area contributed by atoms with Crippen LogP contribution in [0.3, 0.4) is 0 Å². The Bertz CT molecular complexity index is 549. The summed E-state index contributed by atoms with van der Waals surface area (Å²) in [7, 11) is 0. The van der Waals surface area contributed by atoms with Crippen LogP contribution in [-0.4, -0.2) is 17.8 Å². The van der Waals surface area contributed by atoms with Crippen molar-refractivity contribution in [1.82, 2.24) is 0 Å². The number of rotatable bonds is 7. The summed E-state index contributed by atoms with van der Waals surface area (Å²) < 4.78 is 11.3. The molecule has 1 unspecified atom stereocenters. The molecule has 1 aliphatic rings. The maximum atomic E-state index is 9.02. The summed E-state index contributed by atoms with van der Waals surface area (Å²) in [6.07, 6.45) is 7.28. The normalized spacial score (nSPS) is 18.9. The van der Waals surface area contributed by atoms with Gasteiger partial charge in [0.1, 0.15) is 18.1 Å². The van der Waals surface area contributed by atoms with Gasteiger partial charge < -0.3 is 14.3 Å². The Kier molecular flexibility index (Phi) is 5.59. The first-order valence-electron chi connectivity index (χ1n) is 7.50. The van der Waals surface area contributed by atoms with Crippen LogP contribution in [0.2, 0.25) is 0 Å². The van der Waals surface area contributed by atoms with Crippen LogP contribution in [0.1, 0.15) is 44.6 Å². The summed E-state index contributed by atoms with van der Waals surface area (Å²) in [5.41, 5.74) is 3.66. The summed E-state index contributed by atoms with van der Waals surface area (Å²) in [4.78, 5) is 0. The minimum absolute atomic E-state index is 0.0576. The Morgan fingerprint density at radius 3 is 2.90 bits per heavy atom. The summed E-state index contributed by atoms with van der Waals surface area (Å²) in [5.74, 6) is 1.40. The fraction of sp³-hybridized carbons (Fsp3) is 0.444. The zero-order valence-corrected chi connectivity index (χ0v) is 12.9. The van der Waals surface area contributed by atoms with Gasteiger partial charge in [-0.05, 0) is 50.0 Å². The van der Waals surface area contributed by atoms with Crippen molar-refractivity contribution in [1.29, 1.82) is 0 Å². The van der Waals surface area contributed by atoms with Crippen LogP contribution < -0.4 is 0 Å². The molecule has 0 bridgehead atoms. The third kappa shape index (κ3) is 4.19. The molecule has 0 saturated heterocycles. The highest BCUT2D eigenvalue weighted by molar-refractivity contribution is 5.47. The predicted octanol–water partition coefficient (Wildman–Crippen LogP) is 4.25. The van der Waals surface area contributed by atoms with Gasteiger partial charge in [0.05, 0.1) is 12.7 Å². The topological polar surface area (TPSA) is 42.6 Å². The fourth-order valence-electron chi connectivity index (χ4n) is 2.59. The Hall–Kier alpha value is -1.58. The summed E-state index contributed by atoms with van der Waals surface area (Å²) in [6, 6.07) is 3.70. The van der Waals surface area contributed by atoms with E-state index in [1.165, 1.54) is 11.1 Å². The van der Waals surface area contributed by atoms with Crippen molar-refractivity contribution in [2.24, 2.45) is 0 Å². The van der Waals surface area contributed by atoms with Crippen molar-refractivity contribution in [3.05, 3.63) is 53.0 Å². The molecule has 2 rings (SSSR count). The third-order valence-electron chi connectivity index (χ3n) is 3.81. The van der Waals surface area contributed by atoms with E-state index in [9.17, 15) is 0 Å². The highest BCUT2D eigenvalue weighted by atomic mass is 16.5. The van der Waals surface area contributed by atoms with E-state index in [0.717, 1.165) is 30.6 Å². The molecule has 1 aliphatic heterocycles. The third-order valence-corrected chi connectivity index (χ3v) is 3.81. The minimum Gasteiger partial charge on any atom is -0.459 e. The zero-order chi connectivity index (χ0) is 15.2. The average molecular weight is 288 g/mol. The largest absolute Gasteiger partial charge is 0.459 e. The van der Waals surface area contributed by atoms with Crippen LogP contribution in [0.25, 0.3) is 6.08 Å². The van der Waals surface area contributed by atoms with Crippen molar-refractivity contribution >= 4 is 6.08 Å². The lowest BCUT2D eigenvalue weighted by molar-refractivity contribution is 0.116. The van der Waals surface area contributed by atoms with Gasteiger partial charge in [0.15, 0.2) is 0 Å². The van der Waals surface area contributed by atoms with E-state index >= 15 is 0 Å². The van der Waals surface area contributed by atoms with Crippen molar-refractivity contribution in [3.63, 3.8) is 0 Å². The quantitative estimate of drug-likeness (QED) is 0.815. The monoisotopic (exact) mass is 288 g/mol. The molecule has 114 valence electrons. The smallest absolute Gasteiger partial charge is 0.130 e. The molecule has 0 amide bonds. The van der Waals surface area contributed by atoms with Crippen molar-refractivity contribution in [2.45, 2.75) is 45.8 Å². The number of aliphatic hydroxyl groups excluding tert-OH is 1. The van der Waals surface area contributed by atoms with Crippen LogP contribution in [0.4, 0.5) is 0 Å². The van der Waals surface area contributed by atoms with Crippen LogP contribution in [-0.2, 0) is 11.3 Å². The van der Waals surface area contributed by atoms with Crippen LogP contribution in [0.5, 0.6) is 0 Å². The number of furan rings is 1. The van der Waals surface area contributed by atoms with Gasteiger partial charge in [-0.2, -0.15) is 0 Å². The van der Waals surface area contributed by atoms with Gasteiger partial charge in [-0.1, -0.05) is 30.7 Å². The second kappa shape index (κ2) is 7.43. The predicted molar refractivity (Wildman–Crippen MR) is 84.8 cm³/mol. The van der Waals surface area contributed by atoms with E-state index in [1.54, 1.807) is 6.07 Å². The second-order valence-electron chi connectivity index (χ2n) is 5.42. The average Bonchev–Trinajstić information content (AvgIpc) is 3.12. The number of hydrogen-bond acceptors (Lipinski definition) is 3. The van der Waals surface area contributed by atoms with E-state index in [4.69, 9.17) is 14.3 Å². The van der Waals surface area contributed by atoms with Crippen LogP contribution in [0, 0.1) is 0 Å². The maximum Gasteiger partial charge on any atom is 0.130 e. The van der Waals surface area contributed by atoms with Crippen LogP contribution >= 0.6 is 0 Å².